The Bertz CT molecular complexity index is 441. The molecule has 2 aromatic heterocycles. The van der Waals surface area contributed by atoms with Gasteiger partial charge in [0.05, 0.1) is 10.8 Å². The van der Waals surface area contributed by atoms with Crippen molar-refractivity contribution in [3.63, 3.8) is 0 Å². The Hall–Kier alpha value is -0.360. The number of hydrogen-bond donors (Lipinski definition) is 1. The van der Waals surface area contributed by atoms with Crippen LogP contribution in [0.5, 0.6) is 0 Å². The maximum atomic E-state index is 8.93. The summed E-state index contributed by atoms with van der Waals surface area (Å²) in [5.74, 6) is 0. The van der Waals surface area contributed by atoms with E-state index < -0.39 is 0 Å². The summed E-state index contributed by atoms with van der Waals surface area (Å²) >= 11 is 6.55. The molecule has 1 N–H and O–H groups in total. The van der Waals surface area contributed by atoms with Gasteiger partial charge in [0, 0.05) is 15.5 Å². The SMILES string of the molecule is OCc1ccc(Sc2ccc(Br)cn2)s1. The first-order chi connectivity index (χ1) is 7.28. The van der Waals surface area contributed by atoms with E-state index in [1.54, 1.807) is 29.3 Å². The molecule has 0 saturated carbocycles. The number of hydrogen-bond acceptors (Lipinski definition) is 4. The van der Waals surface area contributed by atoms with Crippen molar-refractivity contribution in [3.8, 4) is 0 Å². The molecule has 5 heteroatoms. The molecule has 0 saturated heterocycles. The predicted octanol–water partition coefficient (Wildman–Crippen LogP) is 3.55. The number of pyridine rings is 1. The Morgan fingerprint density at radius 1 is 1.33 bits per heavy atom. The highest BCUT2D eigenvalue weighted by Gasteiger charge is 2.02. The number of aliphatic hydroxyl groups is 1. The van der Waals surface area contributed by atoms with Crippen LogP contribution in [0, 0.1) is 0 Å². The van der Waals surface area contributed by atoms with Gasteiger partial charge >= 0.3 is 0 Å². The first-order valence-corrected chi connectivity index (χ1v) is 6.69. The second kappa shape index (κ2) is 5.12. The normalized spacial score (nSPS) is 10.5. The van der Waals surface area contributed by atoms with Gasteiger partial charge in [-0.25, -0.2) is 4.98 Å². The van der Waals surface area contributed by atoms with E-state index in [4.69, 9.17) is 5.11 Å². The molecule has 2 nitrogen and oxygen atoms in total. The van der Waals surface area contributed by atoms with Gasteiger partial charge in [-0.1, -0.05) is 11.8 Å². The fourth-order valence-corrected chi connectivity index (χ4v) is 3.18. The lowest BCUT2D eigenvalue weighted by molar-refractivity contribution is 0.285. The van der Waals surface area contributed by atoms with Crippen molar-refractivity contribution in [2.45, 2.75) is 15.8 Å². The maximum Gasteiger partial charge on any atom is 0.102 e. The first kappa shape index (κ1) is 11.1. The van der Waals surface area contributed by atoms with Crippen LogP contribution in [0.2, 0.25) is 0 Å². The molecule has 0 aliphatic rings. The van der Waals surface area contributed by atoms with E-state index in [0.717, 1.165) is 18.6 Å². The summed E-state index contributed by atoms with van der Waals surface area (Å²) in [7, 11) is 0. The lowest BCUT2D eigenvalue weighted by atomic mass is 10.5. The zero-order valence-corrected chi connectivity index (χ0v) is 10.9. The zero-order valence-electron chi connectivity index (χ0n) is 7.68. The average molecular weight is 302 g/mol. The van der Waals surface area contributed by atoms with Crippen molar-refractivity contribution in [1.29, 1.82) is 0 Å². The minimum atomic E-state index is 0.110. The molecular formula is C10H8BrNOS2. The molecule has 0 amide bonds. The van der Waals surface area contributed by atoms with E-state index in [1.807, 2.05) is 24.3 Å². The van der Waals surface area contributed by atoms with E-state index in [2.05, 4.69) is 20.9 Å². The Morgan fingerprint density at radius 2 is 2.20 bits per heavy atom. The van der Waals surface area contributed by atoms with Crippen LogP contribution in [0.15, 0.2) is 44.2 Å². The lowest BCUT2D eigenvalue weighted by Crippen LogP contribution is -1.76. The Balaban J connectivity index is 2.11. The van der Waals surface area contributed by atoms with Gasteiger partial charge in [-0.05, 0) is 40.2 Å². The molecular weight excluding hydrogens is 294 g/mol. The molecule has 0 aliphatic carbocycles. The molecule has 0 aromatic carbocycles. The highest BCUT2D eigenvalue weighted by atomic mass is 79.9. The van der Waals surface area contributed by atoms with Crippen LogP contribution in [0.4, 0.5) is 0 Å². The first-order valence-electron chi connectivity index (χ1n) is 4.27. The minimum Gasteiger partial charge on any atom is -0.391 e. The van der Waals surface area contributed by atoms with Crippen molar-refractivity contribution in [1.82, 2.24) is 4.98 Å². The van der Waals surface area contributed by atoms with Gasteiger partial charge < -0.3 is 5.11 Å². The van der Waals surface area contributed by atoms with E-state index in [-0.39, 0.29) is 6.61 Å². The summed E-state index contributed by atoms with van der Waals surface area (Å²) < 4.78 is 2.13. The third-order valence-corrected chi connectivity index (χ3v) is 4.32. The van der Waals surface area contributed by atoms with Gasteiger partial charge in [0.25, 0.3) is 0 Å². The van der Waals surface area contributed by atoms with Crippen LogP contribution < -0.4 is 0 Å². The zero-order chi connectivity index (χ0) is 10.7. The minimum absolute atomic E-state index is 0.110. The Labute approximate surface area is 104 Å². The van der Waals surface area contributed by atoms with Crippen molar-refractivity contribution >= 4 is 39.0 Å². The molecule has 2 rings (SSSR count). The summed E-state index contributed by atoms with van der Waals surface area (Å²) in [6, 6.07) is 7.87. The molecule has 0 bridgehead atoms. The molecule has 0 unspecified atom stereocenters. The Morgan fingerprint density at radius 3 is 2.80 bits per heavy atom. The molecule has 0 spiro atoms. The highest BCUT2D eigenvalue weighted by molar-refractivity contribution is 9.10. The second-order valence-corrected chi connectivity index (χ2v) is 6.20. The summed E-state index contributed by atoms with van der Waals surface area (Å²) in [5.41, 5.74) is 0. The van der Waals surface area contributed by atoms with Crippen molar-refractivity contribution in [3.05, 3.63) is 39.8 Å². The van der Waals surface area contributed by atoms with Crippen LogP contribution in [0.3, 0.4) is 0 Å². The van der Waals surface area contributed by atoms with E-state index in [1.165, 1.54) is 0 Å². The van der Waals surface area contributed by atoms with Crippen LogP contribution in [0.25, 0.3) is 0 Å². The van der Waals surface area contributed by atoms with E-state index >= 15 is 0 Å². The number of thiophene rings is 1. The monoisotopic (exact) mass is 301 g/mol. The molecule has 2 heterocycles. The lowest BCUT2D eigenvalue weighted by Gasteiger charge is -1.96. The smallest absolute Gasteiger partial charge is 0.102 e. The molecule has 78 valence electrons. The molecule has 0 aliphatic heterocycles. The predicted molar refractivity (Wildman–Crippen MR) is 66.3 cm³/mol. The molecule has 0 atom stereocenters. The van der Waals surface area contributed by atoms with Crippen molar-refractivity contribution < 1.29 is 5.11 Å². The summed E-state index contributed by atoms with van der Waals surface area (Å²) in [6.45, 7) is 0.110. The van der Waals surface area contributed by atoms with Gasteiger partial charge in [0.15, 0.2) is 0 Å². The summed E-state index contributed by atoms with van der Waals surface area (Å²) in [4.78, 5) is 5.25. The molecule has 2 aromatic rings. The fourth-order valence-electron chi connectivity index (χ4n) is 1.02. The van der Waals surface area contributed by atoms with E-state index in [0.29, 0.717) is 0 Å². The Kier molecular flexibility index (Phi) is 3.80. The van der Waals surface area contributed by atoms with Crippen LogP contribution in [-0.2, 0) is 6.61 Å². The maximum absolute atomic E-state index is 8.93. The van der Waals surface area contributed by atoms with Gasteiger partial charge in [-0.2, -0.15) is 0 Å². The third kappa shape index (κ3) is 3.04. The third-order valence-electron chi connectivity index (χ3n) is 1.70. The van der Waals surface area contributed by atoms with Crippen LogP contribution in [0.1, 0.15) is 4.88 Å². The van der Waals surface area contributed by atoms with E-state index in [9.17, 15) is 0 Å². The van der Waals surface area contributed by atoms with Crippen LogP contribution >= 0.6 is 39.0 Å². The van der Waals surface area contributed by atoms with Gasteiger partial charge in [0.2, 0.25) is 0 Å². The molecule has 0 fully saturated rings. The molecule has 15 heavy (non-hydrogen) atoms. The largest absolute Gasteiger partial charge is 0.391 e. The number of aliphatic hydroxyl groups excluding tert-OH is 1. The second-order valence-electron chi connectivity index (χ2n) is 2.80. The van der Waals surface area contributed by atoms with Gasteiger partial charge in [-0.3, -0.25) is 0 Å². The summed E-state index contributed by atoms with van der Waals surface area (Å²) in [6.07, 6.45) is 1.78. The average Bonchev–Trinajstić information content (AvgIpc) is 2.69. The van der Waals surface area contributed by atoms with Crippen LogP contribution in [-0.4, -0.2) is 10.1 Å². The van der Waals surface area contributed by atoms with Gasteiger partial charge in [-0.15, -0.1) is 11.3 Å². The standard InChI is InChI=1S/C10H8BrNOS2/c11-7-1-3-9(12-5-7)15-10-4-2-8(6-13)14-10/h1-5,13H,6H2. The number of rotatable bonds is 3. The number of aromatic nitrogens is 1. The quantitative estimate of drug-likeness (QED) is 0.941. The number of halogens is 1. The van der Waals surface area contributed by atoms with Crippen molar-refractivity contribution in [2.75, 3.05) is 0 Å². The number of nitrogens with zero attached hydrogens (tertiary/aromatic N) is 1. The summed E-state index contributed by atoms with van der Waals surface area (Å²) in [5, 5.41) is 9.90. The molecule has 0 radical (unpaired) electrons. The highest BCUT2D eigenvalue weighted by Crippen LogP contribution is 2.32. The van der Waals surface area contributed by atoms with Gasteiger partial charge in [0.1, 0.15) is 5.03 Å². The fraction of sp³-hybridized carbons (Fsp3) is 0.100. The van der Waals surface area contributed by atoms with Crippen molar-refractivity contribution in [2.24, 2.45) is 0 Å². The topological polar surface area (TPSA) is 33.1 Å².